The van der Waals surface area contributed by atoms with E-state index in [0.29, 0.717) is 22.1 Å². The molecule has 0 amide bonds. The Kier molecular flexibility index (Phi) is 2.86. The normalized spacial score (nSPS) is 11.2. The number of hydrogen-bond acceptors (Lipinski definition) is 8. The molecule has 118 valence electrons. The quantitative estimate of drug-likeness (QED) is 0.418. The van der Waals surface area contributed by atoms with E-state index in [9.17, 15) is 20.4 Å². The van der Waals surface area contributed by atoms with Gasteiger partial charge in [0.15, 0.2) is 0 Å². The fourth-order valence-corrected chi connectivity index (χ4v) is 2.43. The average molecular weight is 322 g/mol. The Morgan fingerprint density at radius 3 is 1.17 bits per heavy atom. The Morgan fingerprint density at radius 1 is 0.458 bits per heavy atom. The van der Waals surface area contributed by atoms with Gasteiger partial charge in [0.2, 0.25) is 0 Å². The molecular weight excluding hydrogens is 312 g/mol. The molecule has 0 aliphatic carbocycles. The second-order valence-corrected chi connectivity index (χ2v) is 5.15. The highest BCUT2D eigenvalue weighted by Crippen LogP contribution is 2.30. The van der Waals surface area contributed by atoms with E-state index in [1.807, 2.05) is 0 Å². The van der Waals surface area contributed by atoms with Crippen LogP contribution in [0.15, 0.2) is 36.4 Å². The minimum Gasteiger partial charge on any atom is -0.489 e. The first-order chi connectivity index (χ1) is 11.5. The molecular formula is C16H10N4O4. The first-order valence-electron chi connectivity index (χ1n) is 6.91. The van der Waals surface area contributed by atoms with Gasteiger partial charge in [0, 0.05) is 0 Å². The topological polar surface area (TPSA) is 132 Å². The fraction of sp³-hybridized carbons (Fsp3) is 0. The summed E-state index contributed by atoms with van der Waals surface area (Å²) < 4.78 is 0. The molecule has 2 aromatic heterocycles. The molecule has 4 N–H and O–H groups in total. The predicted octanol–water partition coefficient (Wildman–Crippen LogP) is 2.06. The van der Waals surface area contributed by atoms with E-state index in [-0.39, 0.29) is 0 Å². The van der Waals surface area contributed by atoms with Crippen LogP contribution in [-0.2, 0) is 0 Å². The molecule has 8 heteroatoms. The van der Waals surface area contributed by atoms with Gasteiger partial charge in [0.25, 0.3) is 23.5 Å². The summed E-state index contributed by atoms with van der Waals surface area (Å²) in [7, 11) is 0. The van der Waals surface area contributed by atoms with E-state index in [1.54, 1.807) is 36.4 Å². The van der Waals surface area contributed by atoms with Crippen LogP contribution in [0.25, 0.3) is 33.2 Å². The molecule has 8 nitrogen and oxygen atoms in total. The molecule has 0 aliphatic heterocycles. The molecule has 24 heavy (non-hydrogen) atoms. The Morgan fingerprint density at radius 2 is 0.792 bits per heavy atom. The number of benzene rings is 2. The predicted molar refractivity (Wildman–Crippen MR) is 84.7 cm³/mol. The zero-order chi connectivity index (χ0) is 16.8. The molecule has 4 aromatic rings. The van der Waals surface area contributed by atoms with Gasteiger partial charge in [-0.3, -0.25) is 0 Å². The van der Waals surface area contributed by atoms with E-state index in [0.717, 1.165) is 11.1 Å². The number of hydrogen-bond donors (Lipinski definition) is 4. The van der Waals surface area contributed by atoms with Crippen molar-refractivity contribution in [3.63, 3.8) is 0 Å². The summed E-state index contributed by atoms with van der Waals surface area (Å²) in [5, 5.41) is 37.7. The van der Waals surface area contributed by atoms with Crippen LogP contribution in [0.5, 0.6) is 23.5 Å². The van der Waals surface area contributed by atoms with E-state index in [4.69, 9.17) is 0 Å². The Balaban J connectivity index is 1.88. The second-order valence-electron chi connectivity index (χ2n) is 5.15. The lowest BCUT2D eigenvalue weighted by Crippen LogP contribution is -1.89. The third kappa shape index (κ3) is 2.17. The number of aromatic hydroxyl groups is 4. The maximum absolute atomic E-state index is 9.48. The first kappa shape index (κ1) is 13.9. The monoisotopic (exact) mass is 322 g/mol. The molecule has 0 fully saturated rings. The minimum absolute atomic E-state index is 0.419. The molecule has 0 atom stereocenters. The number of aromatic nitrogens is 4. The largest absolute Gasteiger partial charge is 0.489 e. The lowest BCUT2D eigenvalue weighted by atomic mass is 10.0. The standard InChI is InChI=1S/C16H10N4O4/c21-13-15(23)19-11-5-7(1-3-9(11)17-13)8-2-4-10-12(6-8)20-16(24)14(22)18-10/h1-6H,(H,17,21)(H,18,22)(H,19,23)(H,20,24). The van der Waals surface area contributed by atoms with Crippen LogP contribution in [0.4, 0.5) is 0 Å². The maximum Gasteiger partial charge on any atom is 0.276 e. The van der Waals surface area contributed by atoms with Crippen LogP contribution in [-0.4, -0.2) is 40.4 Å². The molecule has 0 saturated carbocycles. The van der Waals surface area contributed by atoms with E-state index >= 15 is 0 Å². The molecule has 0 aliphatic rings. The molecule has 0 spiro atoms. The zero-order valence-corrected chi connectivity index (χ0v) is 12.0. The summed E-state index contributed by atoms with van der Waals surface area (Å²) in [6, 6.07) is 10.3. The SMILES string of the molecule is Oc1nc2ccc(-c3ccc4nc(O)c(O)nc4c3)cc2nc1O. The Hall–Kier alpha value is -3.68. The van der Waals surface area contributed by atoms with Crippen molar-refractivity contribution in [2.45, 2.75) is 0 Å². The average Bonchev–Trinajstić information content (AvgIpc) is 2.56. The van der Waals surface area contributed by atoms with Gasteiger partial charge in [-0.25, -0.2) is 19.9 Å². The summed E-state index contributed by atoms with van der Waals surface area (Å²) in [5.74, 6) is -2.12. The number of nitrogens with zero attached hydrogens (tertiary/aromatic N) is 4. The third-order valence-electron chi connectivity index (χ3n) is 3.59. The summed E-state index contributed by atoms with van der Waals surface area (Å²) in [6.45, 7) is 0. The van der Waals surface area contributed by atoms with Gasteiger partial charge < -0.3 is 20.4 Å². The van der Waals surface area contributed by atoms with Crippen molar-refractivity contribution >= 4 is 22.1 Å². The van der Waals surface area contributed by atoms with Crippen molar-refractivity contribution < 1.29 is 20.4 Å². The molecule has 0 saturated heterocycles. The number of fused-ring (bicyclic) bond motifs is 2. The van der Waals surface area contributed by atoms with E-state index < -0.39 is 23.5 Å². The summed E-state index contributed by atoms with van der Waals surface area (Å²) in [4.78, 5) is 15.5. The van der Waals surface area contributed by atoms with Crippen LogP contribution in [0.1, 0.15) is 0 Å². The molecule has 0 unspecified atom stereocenters. The van der Waals surface area contributed by atoms with Crippen molar-refractivity contribution in [3.8, 4) is 34.6 Å². The van der Waals surface area contributed by atoms with Gasteiger partial charge in [-0.05, 0) is 35.4 Å². The van der Waals surface area contributed by atoms with Crippen LogP contribution in [0, 0.1) is 0 Å². The first-order valence-corrected chi connectivity index (χ1v) is 6.91. The Bertz CT molecular complexity index is 1020. The van der Waals surface area contributed by atoms with E-state index in [2.05, 4.69) is 19.9 Å². The lowest BCUT2D eigenvalue weighted by Gasteiger charge is -2.06. The van der Waals surface area contributed by atoms with Crippen LogP contribution in [0.3, 0.4) is 0 Å². The van der Waals surface area contributed by atoms with Crippen LogP contribution >= 0.6 is 0 Å². The smallest absolute Gasteiger partial charge is 0.276 e. The van der Waals surface area contributed by atoms with Gasteiger partial charge in [-0.15, -0.1) is 0 Å². The van der Waals surface area contributed by atoms with Crippen molar-refractivity contribution in [2.24, 2.45) is 0 Å². The van der Waals surface area contributed by atoms with Gasteiger partial charge >= 0.3 is 0 Å². The second kappa shape index (κ2) is 4.92. The zero-order valence-electron chi connectivity index (χ0n) is 12.0. The van der Waals surface area contributed by atoms with Gasteiger partial charge in [0.1, 0.15) is 0 Å². The highest BCUT2D eigenvalue weighted by molar-refractivity contribution is 5.86. The highest BCUT2D eigenvalue weighted by atomic mass is 16.3. The van der Waals surface area contributed by atoms with Crippen molar-refractivity contribution in [3.05, 3.63) is 36.4 Å². The van der Waals surface area contributed by atoms with Crippen LogP contribution < -0.4 is 0 Å². The van der Waals surface area contributed by atoms with Gasteiger partial charge in [-0.2, -0.15) is 0 Å². The third-order valence-corrected chi connectivity index (χ3v) is 3.59. The summed E-state index contributed by atoms with van der Waals surface area (Å²) in [5.41, 5.74) is 3.27. The van der Waals surface area contributed by atoms with Crippen LogP contribution in [0.2, 0.25) is 0 Å². The Labute approximate surface area is 134 Å². The fourth-order valence-electron chi connectivity index (χ4n) is 2.43. The molecule has 4 rings (SSSR count). The molecule has 0 bridgehead atoms. The van der Waals surface area contributed by atoms with Crippen molar-refractivity contribution in [2.75, 3.05) is 0 Å². The molecule has 2 aromatic carbocycles. The summed E-state index contributed by atoms with van der Waals surface area (Å²) in [6.07, 6.45) is 0. The van der Waals surface area contributed by atoms with Gasteiger partial charge in [-0.1, -0.05) is 12.1 Å². The number of rotatable bonds is 1. The molecule has 0 radical (unpaired) electrons. The van der Waals surface area contributed by atoms with E-state index in [1.165, 1.54) is 0 Å². The highest BCUT2D eigenvalue weighted by Gasteiger charge is 2.10. The molecule has 2 heterocycles. The minimum atomic E-state index is -0.538. The van der Waals surface area contributed by atoms with Gasteiger partial charge in [0.05, 0.1) is 22.1 Å². The summed E-state index contributed by atoms with van der Waals surface area (Å²) >= 11 is 0. The lowest BCUT2D eigenvalue weighted by molar-refractivity contribution is 0.378. The van der Waals surface area contributed by atoms with Crippen molar-refractivity contribution in [1.29, 1.82) is 0 Å². The van der Waals surface area contributed by atoms with Crippen molar-refractivity contribution in [1.82, 2.24) is 19.9 Å². The maximum atomic E-state index is 9.48.